The van der Waals surface area contributed by atoms with Crippen molar-refractivity contribution in [1.29, 1.82) is 0 Å². The molecule has 0 bridgehead atoms. The van der Waals surface area contributed by atoms with Crippen molar-refractivity contribution in [2.75, 3.05) is 24.8 Å². The Morgan fingerprint density at radius 2 is 1.81 bits per heavy atom. The molecule has 2 aromatic carbocycles. The fourth-order valence-electron chi connectivity index (χ4n) is 2.79. The molecular formula is C22H23ClN4O3S. The number of rotatable bonds is 10. The van der Waals surface area contributed by atoms with Crippen LogP contribution in [0.4, 0.5) is 5.69 Å². The van der Waals surface area contributed by atoms with Gasteiger partial charge in [-0.1, -0.05) is 30.3 Å². The Labute approximate surface area is 190 Å². The van der Waals surface area contributed by atoms with Gasteiger partial charge in [0.1, 0.15) is 0 Å². The van der Waals surface area contributed by atoms with Crippen LogP contribution in [0.1, 0.15) is 23.7 Å². The van der Waals surface area contributed by atoms with E-state index in [1.54, 1.807) is 50.4 Å². The zero-order chi connectivity index (χ0) is 22.2. The lowest BCUT2D eigenvalue weighted by molar-refractivity contribution is -0.115. The molecule has 1 heterocycles. The first-order valence-corrected chi connectivity index (χ1v) is 11.1. The molecule has 0 atom stereocenters. The summed E-state index contributed by atoms with van der Waals surface area (Å²) in [5, 5.41) is 12.6. The number of nitrogens with one attached hydrogen (secondary N) is 1. The van der Waals surface area contributed by atoms with Crippen LogP contribution in [-0.4, -0.2) is 45.9 Å². The molecule has 0 aliphatic heterocycles. The van der Waals surface area contributed by atoms with Crippen LogP contribution in [0.3, 0.4) is 0 Å². The monoisotopic (exact) mass is 458 g/mol. The molecule has 0 fully saturated rings. The van der Waals surface area contributed by atoms with E-state index in [1.807, 2.05) is 16.7 Å². The first kappa shape index (κ1) is 23.0. The lowest BCUT2D eigenvalue weighted by Gasteiger charge is -2.10. The van der Waals surface area contributed by atoms with E-state index in [-0.39, 0.29) is 17.4 Å². The molecule has 7 nitrogen and oxygen atoms in total. The number of anilines is 1. The quantitative estimate of drug-likeness (QED) is 0.354. The van der Waals surface area contributed by atoms with Crippen LogP contribution in [0.2, 0.25) is 5.02 Å². The minimum Gasteiger partial charge on any atom is -0.383 e. The van der Waals surface area contributed by atoms with Crippen LogP contribution in [0.15, 0.2) is 53.7 Å². The van der Waals surface area contributed by atoms with Gasteiger partial charge in [0.05, 0.1) is 18.9 Å². The minimum absolute atomic E-state index is 0.0345. The van der Waals surface area contributed by atoms with Crippen molar-refractivity contribution in [1.82, 2.24) is 14.8 Å². The maximum Gasteiger partial charge on any atom is 0.224 e. The highest BCUT2D eigenvalue weighted by Gasteiger charge is 2.16. The first-order chi connectivity index (χ1) is 15.0. The molecule has 0 saturated carbocycles. The van der Waals surface area contributed by atoms with Crippen LogP contribution >= 0.6 is 23.4 Å². The molecule has 3 aromatic rings. The van der Waals surface area contributed by atoms with E-state index >= 15 is 0 Å². The second-order valence-corrected chi connectivity index (χ2v) is 8.03. The number of ether oxygens (including phenoxy) is 1. The molecule has 0 saturated heterocycles. The zero-order valence-electron chi connectivity index (χ0n) is 17.3. The summed E-state index contributed by atoms with van der Waals surface area (Å²) in [5.74, 6) is 0.806. The van der Waals surface area contributed by atoms with Crippen molar-refractivity contribution in [3.8, 4) is 11.4 Å². The number of methoxy groups -OCH3 is 1. The molecule has 31 heavy (non-hydrogen) atoms. The average Bonchev–Trinajstić information content (AvgIpc) is 3.19. The third kappa shape index (κ3) is 6.16. The molecule has 1 amide bonds. The number of carbonyl (C=O) groups is 2. The van der Waals surface area contributed by atoms with E-state index in [0.717, 1.165) is 5.56 Å². The van der Waals surface area contributed by atoms with Crippen LogP contribution in [0, 0.1) is 0 Å². The van der Waals surface area contributed by atoms with Gasteiger partial charge in [-0.05, 0) is 48.5 Å². The number of benzene rings is 2. The lowest BCUT2D eigenvalue weighted by Crippen LogP contribution is -2.10. The van der Waals surface area contributed by atoms with Gasteiger partial charge in [-0.2, -0.15) is 0 Å². The summed E-state index contributed by atoms with van der Waals surface area (Å²) in [5.41, 5.74) is 2.13. The first-order valence-electron chi connectivity index (χ1n) is 9.75. The summed E-state index contributed by atoms with van der Waals surface area (Å²) in [6.45, 7) is 2.84. The number of nitrogens with zero attached hydrogens (tertiary/aromatic N) is 3. The largest absolute Gasteiger partial charge is 0.383 e. The fourth-order valence-corrected chi connectivity index (χ4v) is 3.78. The third-order valence-electron chi connectivity index (χ3n) is 4.48. The van der Waals surface area contributed by atoms with Gasteiger partial charge >= 0.3 is 0 Å². The van der Waals surface area contributed by atoms with Gasteiger partial charge in [-0.25, -0.2) is 0 Å². The summed E-state index contributed by atoms with van der Waals surface area (Å²) >= 11 is 7.31. The molecule has 1 aromatic heterocycles. The van der Waals surface area contributed by atoms with Crippen LogP contribution in [-0.2, 0) is 16.1 Å². The van der Waals surface area contributed by atoms with Gasteiger partial charge < -0.3 is 10.1 Å². The smallest absolute Gasteiger partial charge is 0.224 e. The average molecular weight is 459 g/mol. The SMILES string of the molecule is CCC(=O)Nc1ccc(C(=O)CSc2nnc(-c3ccc(Cl)cc3)n2CCOC)cc1. The predicted octanol–water partition coefficient (Wildman–Crippen LogP) is 4.57. The van der Waals surface area contributed by atoms with Crippen molar-refractivity contribution in [3.05, 3.63) is 59.1 Å². The second-order valence-electron chi connectivity index (χ2n) is 6.65. The highest BCUT2D eigenvalue weighted by Crippen LogP contribution is 2.26. The van der Waals surface area contributed by atoms with Gasteiger partial charge in [0.25, 0.3) is 0 Å². The van der Waals surface area contributed by atoms with Crippen molar-refractivity contribution in [2.45, 2.75) is 25.0 Å². The highest BCUT2D eigenvalue weighted by molar-refractivity contribution is 7.99. The van der Waals surface area contributed by atoms with Crippen molar-refractivity contribution < 1.29 is 14.3 Å². The Kier molecular flexibility index (Phi) is 8.22. The Morgan fingerprint density at radius 3 is 2.45 bits per heavy atom. The molecule has 0 unspecified atom stereocenters. The van der Waals surface area contributed by atoms with Gasteiger partial charge in [0, 0.05) is 35.4 Å². The number of amides is 1. The van der Waals surface area contributed by atoms with Crippen molar-refractivity contribution in [3.63, 3.8) is 0 Å². The van der Waals surface area contributed by atoms with E-state index in [0.29, 0.717) is 46.8 Å². The Morgan fingerprint density at radius 1 is 1.10 bits per heavy atom. The van der Waals surface area contributed by atoms with Crippen LogP contribution in [0.25, 0.3) is 11.4 Å². The standard InChI is InChI=1S/C22H23ClN4O3S/c1-3-20(29)24-18-10-6-15(7-11-18)19(28)14-31-22-26-25-21(27(22)12-13-30-2)16-4-8-17(23)9-5-16/h4-11H,3,12-14H2,1-2H3,(H,24,29). The summed E-state index contributed by atoms with van der Waals surface area (Å²) < 4.78 is 7.16. The van der Waals surface area contributed by atoms with E-state index in [9.17, 15) is 9.59 Å². The van der Waals surface area contributed by atoms with Crippen molar-refractivity contribution in [2.24, 2.45) is 0 Å². The Balaban J connectivity index is 1.71. The fraction of sp³-hybridized carbons (Fsp3) is 0.273. The molecular weight excluding hydrogens is 436 g/mol. The van der Waals surface area contributed by atoms with Gasteiger partial charge in [0.2, 0.25) is 5.91 Å². The molecule has 0 aliphatic carbocycles. The zero-order valence-corrected chi connectivity index (χ0v) is 18.9. The molecule has 1 N–H and O–H groups in total. The number of ketones is 1. The van der Waals surface area contributed by atoms with Crippen LogP contribution < -0.4 is 5.32 Å². The summed E-state index contributed by atoms with van der Waals surface area (Å²) in [6.07, 6.45) is 0.402. The maximum absolute atomic E-state index is 12.6. The number of carbonyl (C=O) groups excluding carboxylic acids is 2. The summed E-state index contributed by atoms with van der Waals surface area (Å²) in [4.78, 5) is 24.1. The van der Waals surface area contributed by atoms with Gasteiger partial charge in [-0.15, -0.1) is 10.2 Å². The summed E-state index contributed by atoms with van der Waals surface area (Å²) in [6, 6.07) is 14.2. The van der Waals surface area contributed by atoms with Gasteiger partial charge in [-0.3, -0.25) is 14.2 Å². The minimum atomic E-state index is -0.0680. The highest BCUT2D eigenvalue weighted by atomic mass is 35.5. The van der Waals surface area contributed by atoms with E-state index < -0.39 is 0 Å². The van der Waals surface area contributed by atoms with Gasteiger partial charge in [0.15, 0.2) is 16.8 Å². The molecule has 9 heteroatoms. The number of thioether (sulfide) groups is 1. The number of aromatic nitrogens is 3. The molecule has 0 aliphatic rings. The number of Topliss-reactive ketones (excluding diaryl/α,β-unsaturated/α-hetero) is 1. The third-order valence-corrected chi connectivity index (χ3v) is 5.70. The lowest BCUT2D eigenvalue weighted by atomic mass is 10.1. The number of hydrogen-bond acceptors (Lipinski definition) is 6. The van der Waals surface area contributed by atoms with Crippen molar-refractivity contribution >= 4 is 40.7 Å². The van der Waals surface area contributed by atoms with Crippen LogP contribution in [0.5, 0.6) is 0 Å². The molecule has 0 spiro atoms. The summed E-state index contributed by atoms with van der Waals surface area (Å²) in [7, 11) is 1.63. The van der Waals surface area contributed by atoms with E-state index in [2.05, 4.69) is 15.5 Å². The molecule has 3 rings (SSSR count). The molecule has 0 radical (unpaired) electrons. The topological polar surface area (TPSA) is 86.1 Å². The normalized spacial score (nSPS) is 10.8. The predicted molar refractivity (Wildman–Crippen MR) is 123 cm³/mol. The second kappa shape index (κ2) is 11.1. The maximum atomic E-state index is 12.6. The number of hydrogen-bond donors (Lipinski definition) is 1. The number of halogens is 1. The van der Waals surface area contributed by atoms with E-state index in [4.69, 9.17) is 16.3 Å². The molecule has 162 valence electrons. The Hall–Kier alpha value is -2.68. The Bertz CT molecular complexity index is 1040. The van der Waals surface area contributed by atoms with E-state index in [1.165, 1.54) is 11.8 Å².